The predicted molar refractivity (Wildman–Crippen MR) is 66.4 cm³/mol. The molecule has 0 fully saturated rings. The Morgan fingerprint density at radius 3 is 2.35 bits per heavy atom. The van der Waals surface area contributed by atoms with E-state index in [2.05, 4.69) is 4.98 Å². The first-order valence-electron chi connectivity index (χ1n) is 4.96. The molecular weight excluding hydrogens is 242 g/mol. The molecule has 0 N–H and O–H groups in total. The van der Waals surface area contributed by atoms with Gasteiger partial charge in [0, 0.05) is 6.20 Å². The lowest BCUT2D eigenvalue weighted by Crippen LogP contribution is -1.96. The molecule has 0 unspecified atom stereocenters. The fourth-order valence-electron chi connectivity index (χ4n) is 1.77. The summed E-state index contributed by atoms with van der Waals surface area (Å²) in [7, 11) is 4.68. The minimum Gasteiger partial charge on any atom is -0.493 e. The molecule has 0 saturated carbocycles. The van der Waals surface area contributed by atoms with Crippen LogP contribution in [0.15, 0.2) is 18.3 Å². The Morgan fingerprint density at radius 1 is 1.06 bits per heavy atom. The van der Waals surface area contributed by atoms with Crippen molar-refractivity contribution in [1.82, 2.24) is 4.98 Å². The van der Waals surface area contributed by atoms with Crippen molar-refractivity contribution in [2.24, 2.45) is 0 Å². The van der Waals surface area contributed by atoms with Crippen LogP contribution in [0.1, 0.15) is 0 Å². The summed E-state index contributed by atoms with van der Waals surface area (Å²) in [4.78, 5) is 4.04. The van der Waals surface area contributed by atoms with Crippen LogP contribution in [0.3, 0.4) is 0 Å². The van der Waals surface area contributed by atoms with E-state index in [1.807, 2.05) is 12.1 Å². The van der Waals surface area contributed by atoms with E-state index in [0.29, 0.717) is 27.8 Å². The summed E-state index contributed by atoms with van der Waals surface area (Å²) in [5, 5.41) is 1.98. The zero-order chi connectivity index (χ0) is 12.4. The zero-order valence-electron chi connectivity index (χ0n) is 9.78. The molecule has 2 rings (SSSR count). The van der Waals surface area contributed by atoms with Crippen LogP contribution in [-0.4, -0.2) is 26.3 Å². The second kappa shape index (κ2) is 4.67. The number of methoxy groups -OCH3 is 3. The molecule has 0 aliphatic carbocycles. The van der Waals surface area contributed by atoms with Crippen LogP contribution in [-0.2, 0) is 0 Å². The van der Waals surface area contributed by atoms with Gasteiger partial charge >= 0.3 is 0 Å². The molecule has 4 nitrogen and oxygen atoms in total. The average Bonchev–Trinajstić information content (AvgIpc) is 2.36. The first-order valence-corrected chi connectivity index (χ1v) is 5.34. The minimum atomic E-state index is 0.375. The lowest BCUT2D eigenvalue weighted by Gasteiger charge is -2.14. The van der Waals surface area contributed by atoms with Crippen molar-refractivity contribution < 1.29 is 14.2 Å². The standard InChI is InChI=1S/C12H12ClNO3/c1-15-8-6-7-4-5-14-12(13)9(7)11(17-3)10(8)16-2/h4-6H,1-3H3. The normalized spacial score (nSPS) is 10.4. The lowest BCUT2D eigenvalue weighted by atomic mass is 10.1. The fourth-order valence-corrected chi connectivity index (χ4v) is 2.02. The van der Waals surface area contributed by atoms with Crippen LogP contribution in [0, 0.1) is 0 Å². The maximum Gasteiger partial charge on any atom is 0.204 e. The van der Waals surface area contributed by atoms with Crippen molar-refractivity contribution in [3.05, 3.63) is 23.5 Å². The molecule has 0 saturated heterocycles. The van der Waals surface area contributed by atoms with Crippen LogP contribution in [0.5, 0.6) is 17.2 Å². The highest BCUT2D eigenvalue weighted by Gasteiger charge is 2.18. The first-order chi connectivity index (χ1) is 8.22. The molecule has 0 aliphatic rings. The van der Waals surface area contributed by atoms with Gasteiger partial charge < -0.3 is 14.2 Å². The van der Waals surface area contributed by atoms with Gasteiger partial charge in [0.1, 0.15) is 5.15 Å². The van der Waals surface area contributed by atoms with Crippen LogP contribution in [0.4, 0.5) is 0 Å². The van der Waals surface area contributed by atoms with Crippen molar-refractivity contribution in [2.75, 3.05) is 21.3 Å². The number of rotatable bonds is 3. The van der Waals surface area contributed by atoms with Crippen LogP contribution >= 0.6 is 11.6 Å². The minimum absolute atomic E-state index is 0.375. The third-order valence-electron chi connectivity index (χ3n) is 2.51. The van der Waals surface area contributed by atoms with E-state index >= 15 is 0 Å². The van der Waals surface area contributed by atoms with Gasteiger partial charge in [0.05, 0.1) is 26.7 Å². The van der Waals surface area contributed by atoms with Gasteiger partial charge in [-0.05, 0) is 17.5 Å². The van der Waals surface area contributed by atoms with E-state index in [0.717, 1.165) is 5.39 Å². The summed E-state index contributed by atoms with van der Waals surface area (Å²) in [5.74, 6) is 1.64. The van der Waals surface area contributed by atoms with E-state index in [1.54, 1.807) is 27.5 Å². The van der Waals surface area contributed by atoms with Gasteiger partial charge in [-0.3, -0.25) is 0 Å². The second-order valence-corrected chi connectivity index (χ2v) is 3.70. The maximum atomic E-state index is 6.08. The van der Waals surface area contributed by atoms with E-state index in [9.17, 15) is 0 Å². The predicted octanol–water partition coefficient (Wildman–Crippen LogP) is 2.91. The van der Waals surface area contributed by atoms with Crippen molar-refractivity contribution in [1.29, 1.82) is 0 Å². The summed E-state index contributed by atoms with van der Waals surface area (Å²) in [6.45, 7) is 0. The Kier molecular flexibility index (Phi) is 3.24. The topological polar surface area (TPSA) is 40.6 Å². The molecule has 0 amide bonds. The highest BCUT2D eigenvalue weighted by molar-refractivity contribution is 6.35. The Morgan fingerprint density at radius 2 is 1.76 bits per heavy atom. The molecule has 5 heteroatoms. The summed E-state index contributed by atoms with van der Waals surface area (Å²) in [6, 6.07) is 3.68. The number of halogens is 1. The van der Waals surface area contributed by atoms with Gasteiger partial charge in [-0.1, -0.05) is 11.6 Å². The summed E-state index contributed by atoms with van der Waals surface area (Å²) in [5.41, 5.74) is 0. The van der Waals surface area contributed by atoms with Crippen LogP contribution in [0.25, 0.3) is 10.8 Å². The van der Waals surface area contributed by atoms with Gasteiger partial charge in [0.2, 0.25) is 5.75 Å². The molecule has 0 spiro atoms. The van der Waals surface area contributed by atoms with Crippen LogP contribution < -0.4 is 14.2 Å². The quantitative estimate of drug-likeness (QED) is 0.789. The third kappa shape index (κ3) is 1.85. The van der Waals surface area contributed by atoms with Gasteiger partial charge in [-0.25, -0.2) is 4.98 Å². The van der Waals surface area contributed by atoms with Gasteiger partial charge in [0.25, 0.3) is 0 Å². The second-order valence-electron chi connectivity index (χ2n) is 3.35. The number of ether oxygens (including phenoxy) is 3. The molecule has 0 aliphatic heterocycles. The van der Waals surface area contributed by atoms with E-state index in [-0.39, 0.29) is 0 Å². The third-order valence-corrected chi connectivity index (χ3v) is 2.80. The summed E-state index contributed by atoms with van der Waals surface area (Å²) >= 11 is 6.08. The first kappa shape index (κ1) is 11.8. The number of nitrogens with zero attached hydrogens (tertiary/aromatic N) is 1. The molecule has 0 radical (unpaired) electrons. The number of pyridine rings is 1. The van der Waals surface area contributed by atoms with Gasteiger partial charge in [-0.15, -0.1) is 0 Å². The zero-order valence-corrected chi connectivity index (χ0v) is 10.5. The fraction of sp³-hybridized carbons (Fsp3) is 0.250. The molecule has 90 valence electrons. The Bertz CT molecular complexity index is 557. The molecule has 0 bridgehead atoms. The van der Waals surface area contributed by atoms with Gasteiger partial charge in [0.15, 0.2) is 11.5 Å². The highest BCUT2D eigenvalue weighted by Crippen LogP contribution is 2.44. The maximum absolute atomic E-state index is 6.08. The number of aromatic nitrogens is 1. The van der Waals surface area contributed by atoms with Crippen molar-refractivity contribution in [2.45, 2.75) is 0 Å². The number of fused-ring (bicyclic) bond motifs is 1. The Labute approximate surface area is 104 Å². The van der Waals surface area contributed by atoms with Crippen molar-refractivity contribution in [3.8, 4) is 17.2 Å². The Balaban J connectivity index is 2.90. The lowest BCUT2D eigenvalue weighted by molar-refractivity contribution is 0.327. The molecule has 1 heterocycles. The van der Waals surface area contributed by atoms with E-state index in [4.69, 9.17) is 25.8 Å². The molecule has 1 aromatic carbocycles. The Hall–Kier alpha value is -1.68. The van der Waals surface area contributed by atoms with Gasteiger partial charge in [-0.2, -0.15) is 0 Å². The molecule has 0 atom stereocenters. The van der Waals surface area contributed by atoms with Crippen molar-refractivity contribution >= 4 is 22.4 Å². The molecule has 1 aromatic heterocycles. The number of benzene rings is 1. The van der Waals surface area contributed by atoms with Crippen molar-refractivity contribution in [3.63, 3.8) is 0 Å². The smallest absolute Gasteiger partial charge is 0.204 e. The molecular formula is C12H12ClNO3. The summed E-state index contributed by atoms with van der Waals surface area (Å²) < 4.78 is 15.9. The molecule has 2 aromatic rings. The number of hydrogen-bond donors (Lipinski definition) is 0. The number of hydrogen-bond acceptors (Lipinski definition) is 4. The average molecular weight is 254 g/mol. The van der Waals surface area contributed by atoms with E-state index < -0.39 is 0 Å². The monoisotopic (exact) mass is 253 g/mol. The summed E-state index contributed by atoms with van der Waals surface area (Å²) in [6.07, 6.45) is 1.63. The SMILES string of the molecule is COc1cc2ccnc(Cl)c2c(OC)c1OC. The van der Waals surface area contributed by atoms with E-state index in [1.165, 1.54) is 0 Å². The highest BCUT2D eigenvalue weighted by atomic mass is 35.5. The molecule has 17 heavy (non-hydrogen) atoms. The van der Waals surface area contributed by atoms with Crippen LogP contribution in [0.2, 0.25) is 5.15 Å². The largest absolute Gasteiger partial charge is 0.493 e.